The third-order valence-electron chi connectivity index (χ3n) is 4.89. The molecule has 28 heavy (non-hydrogen) atoms. The molecule has 2 unspecified atom stereocenters. The molecule has 0 aromatic heterocycles. The van der Waals surface area contributed by atoms with Gasteiger partial charge in [-0.15, -0.1) is 0 Å². The Bertz CT molecular complexity index is 728. The molecule has 0 radical (unpaired) electrons. The summed E-state index contributed by atoms with van der Waals surface area (Å²) < 4.78 is 33.4. The number of rotatable bonds is 9. The van der Waals surface area contributed by atoms with E-state index in [9.17, 15) is 13.2 Å². The molecule has 1 aromatic carbocycles. The molecule has 158 valence electrons. The molecule has 1 aromatic rings. The van der Waals surface area contributed by atoms with Crippen LogP contribution in [0, 0.1) is 12.8 Å². The van der Waals surface area contributed by atoms with E-state index >= 15 is 0 Å². The van der Waals surface area contributed by atoms with Crippen LogP contribution in [0.4, 0.5) is 0 Å². The molecule has 1 fully saturated rings. The molecule has 7 nitrogen and oxygen atoms in total. The highest BCUT2D eigenvalue weighted by molar-refractivity contribution is 7.89. The molecule has 1 aliphatic heterocycles. The molecule has 1 aliphatic rings. The van der Waals surface area contributed by atoms with Crippen molar-refractivity contribution >= 4 is 15.9 Å². The van der Waals surface area contributed by atoms with Gasteiger partial charge in [0.2, 0.25) is 15.9 Å². The van der Waals surface area contributed by atoms with Crippen molar-refractivity contribution in [3.8, 4) is 0 Å². The molecular weight excluding hydrogens is 378 g/mol. The molecule has 2 atom stereocenters. The molecule has 1 heterocycles. The van der Waals surface area contributed by atoms with Gasteiger partial charge in [-0.25, -0.2) is 8.42 Å². The summed E-state index contributed by atoms with van der Waals surface area (Å²) in [4.78, 5) is 15.2. The van der Waals surface area contributed by atoms with Crippen LogP contribution in [-0.4, -0.2) is 64.2 Å². The van der Waals surface area contributed by atoms with Crippen molar-refractivity contribution in [2.24, 2.45) is 5.92 Å². The smallest absolute Gasteiger partial charge is 0.241 e. The van der Waals surface area contributed by atoms with Gasteiger partial charge in [0, 0.05) is 25.7 Å². The number of morpholine rings is 1. The molecule has 1 amide bonds. The second-order valence-corrected chi connectivity index (χ2v) is 9.57. The average Bonchev–Trinajstić information content (AvgIpc) is 2.65. The monoisotopic (exact) mass is 411 g/mol. The van der Waals surface area contributed by atoms with Crippen molar-refractivity contribution in [1.29, 1.82) is 0 Å². The van der Waals surface area contributed by atoms with Crippen molar-refractivity contribution in [2.45, 2.75) is 51.1 Å². The van der Waals surface area contributed by atoms with Gasteiger partial charge < -0.3 is 10.1 Å². The number of nitrogens with one attached hydrogen (secondary N) is 2. The maximum absolute atomic E-state index is 12.7. The lowest BCUT2D eigenvalue weighted by Crippen LogP contribution is -2.52. The second-order valence-electron chi connectivity index (χ2n) is 7.86. The van der Waals surface area contributed by atoms with Crippen molar-refractivity contribution < 1.29 is 17.9 Å². The predicted molar refractivity (Wildman–Crippen MR) is 110 cm³/mol. The number of nitrogens with zero attached hydrogens (tertiary/aromatic N) is 1. The molecule has 0 aliphatic carbocycles. The predicted octanol–water partition coefficient (Wildman–Crippen LogP) is 1.52. The fraction of sp³-hybridized carbons (Fsp3) is 0.650. The highest BCUT2D eigenvalue weighted by atomic mass is 32.2. The van der Waals surface area contributed by atoms with E-state index in [1.165, 1.54) is 0 Å². The minimum Gasteiger partial charge on any atom is -0.379 e. The lowest BCUT2D eigenvalue weighted by atomic mass is 10.0. The summed E-state index contributed by atoms with van der Waals surface area (Å²) in [7, 11) is -3.76. The van der Waals surface area contributed by atoms with Gasteiger partial charge in [0.15, 0.2) is 0 Å². The summed E-state index contributed by atoms with van der Waals surface area (Å²) >= 11 is 0. The zero-order valence-corrected chi connectivity index (χ0v) is 18.1. The summed E-state index contributed by atoms with van der Waals surface area (Å²) in [6.07, 6.45) is 0.433. The SMILES string of the molecule is Cc1ccc(S(=O)(=O)NC(CC(C)C)C(=O)NCC(C)N2CCOCC2)cc1. The third kappa shape index (κ3) is 6.84. The molecule has 0 spiro atoms. The largest absolute Gasteiger partial charge is 0.379 e. The third-order valence-corrected chi connectivity index (χ3v) is 6.38. The number of ether oxygens (including phenoxy) is 1. The van der Waals surface area contributed by atoms with Gasteiger partial charge in [0.1, 0.15) is 6.04 Å². The van der Waals surface area contributed by atoms with Gasteiger partial charge in [-0.2, -0.15) is 4.72 Å². The van der Waals surface area contributed by atoms with Gasteiger partial charge in [-0.05, 0) is 38.3 Å². The number of sulfonamides is 1. The van der Waals surface area contributed by atoms with E-state index in [4.69, 9.17) is 4.74 Å². The highest BCUT2D eigenvalue weighted by Crippen LogP contribution is 2.13. The molecule has 2 N–H and O–H groups in total. The Morgan fingerprint density at radius 3 is 2.32 bits per heavy atom. The number of benzene rings is 1. The Labute approximate surface area is 168 Å². The van der Waals surface area contributed by atoms with Crippen LogP contribution in [0.5, 0.6) is 0 Å². The van der Waals surface area contributed by atoms with Crippen LogP contribution >= 0.6 is 0 Å². The summed E-state index contributed by atoms with van der Waals surface area (Å²) in [5, 5.41) is 2.92. The Hall–Kier alpha value is -1.48. The van der Waals surface area contributed by atoms with Crippen molar-refractivity contribution in [3.63, 3.8) is 0 Å². The van der Waals surface area contributed by atoms with Crippen LogP contribution in [0.1, 0.15) is 32.8 Å². The zero-order valence-electron chi connectivity index (χ0n) is 17.3. The molecule has 8 heteroatoms. The first-order chi connectivity index (χ1) is 13.2. The molecular formula is C20H33N3O4S. The van der Waals surface area contributed by atoms with E-state index in [0.29, 0.717) is 26.2 Å². The van der Waals surface area contributed by atoms with Crippen LogP contribution in [0.2, 0.25) is 0 Å². The first-order valence-corrected chi connectivity index (χ1v) is 11.4. The molecule has 0 saturated carbocycles. The van der Waals surface area contributed by atoms with Gasteiger partial charge in [-0.1, -0.05) is 31.5 Å². The van der Waals surface area contributed by atoms with Crippen LogP contribution in [-0.2, 0) is 19.6 Å². The van der Waals surface area contributed by atoms with Crippen molar-refractivity contribution in [1.82, 2.24) is 14.9 Å². The number of amides is 1. The molecule has 0 bridgehead atoms. The number of carbonyl (C=O) groups excluding carboxylic acids is 1. The number of carbonyl (C=O) groups is 1. The highest BCUT2D eigenvalue weighted by Gasteiger charge is 2.27. The first kappa shape index (κ1) is 22.8. The Balaban J connectivity index is 2.01. The Morgan fingerprint density at radius 1 is 1.14 bits per heavy atom. The number of hydrogen-bond acceptors (Lipinski definition) is 5. The quantitative estimate of drug-likeness (QED) is 0.643. The standard InChI is InChI=1S/C20H33N3O4S/c1-15(2)13-19(22-28(25,26)18-7-5-16(3)6-8-18)20(24)21-14-17(4)23-9-11-27-12-10-23/h5-8,15,17,19,22H,9-14H2,1-4H3,(H,21,24). The van der Waals surface area contributed by atoms with Crippen molar-refractivity contribution in [2.75, 3.05) is 32.8 Å². The second kappa shape index (κ2) is 10.3. The van der Waals surface area contributed by atoms with E-state index in [-0.39, 0.29) is 22.8 Å². The normalized spacial score (nSPS) is 18.0. The first-order valence-electron chi connectivity index (χ1n) is 9.87. The van der Waals surface area contributed by atoms with E-state index < -0.39 is 16.1 Å². The van der Waals surface area contributed by atoms with E-state index in [1.54, 1.807) is 24.3 Å². The van der Waals surface area contributed by atoms with E-state index in [2.05, 4.69) is 21.9 Å². The van der Waals surface area contributed by atoms with E-state index in [0.717, 1.165) is 18.7 Å². The minimum absolute atomic E-state index is 0.168. The van der Waals surface area contributed by atoms with Gasteiger partial charge in [-0.3, -0.25) is 9.69 Å². The molecule has 1 saturated heterocycles. The summed E-state index contributed by atoms with van der Waals surface area (Å²) in [6, 6.07) is 5.97. The van der Waals surface area contributed by atoms with Crippen LogP contribution in [0.25, 0.3) is 0 Å². The molecule has 2 rings (SSSR count). The summed E-state index contributed by atoms with van der Waals surface area (Å²) in [5.74, 6) is -0.113. The van der Waals surface area contributed by atoms with Gasteiger partial charge in [0.25, 0.3) is 0 Å². The van der Waals surface area contributed by atoms with Gasteiger partial charge >= 0.3 is 0 Å². The maximum Gasteiger partial charge on any atom is 0.241 e. The van der Waals surface area contributed by atoms with Crippen molar-refractivity contribution in [3.05, 3.63) is 29.8 Å². The zero-order chi connectivity index (χ0) is 20.7. The summed E-state index contributed by atoms with van der Waals surface area (Å²) in [5.41, 5.74) is 0.979. The number of hydrogen-bond donors (Lipinski definition) is 2. The van der Waals surface area contributed by atoms with Crippen LogP contribution < -0.4 is 10.0 Å². The summed E-state index contributed by atoms with van der Waals surface area (Å²) in [6.45, 7) is 11.4. The minimum atomic E-state index is -3.76. The lowest BCUT2D eigenvalue weighted by molar-refractivity contribution is -0.123. The number of aryl methyl sites for hydroxylation is 1. The Kier molecular flexibility index (Phi) is 8.42. The fourth-order valence-electron chi connectivity index (χ4n) is 3.17. The van der Waals surface area contributed by atoms with Crippen LogP contribution in [0.15, 0.2) is 29.2 Å². The maximum atomic E-state index is 12.7. The topological polar surface area (TPSA) is 87.7 Å². The fourth-order valence-corrected chi connectivity index (χ4v) is 4.38. The van der Waals surface area contributed by atoms with Crippen LogP contribution in [0.3, 0.4) is 0 Å². The average molecular weight is 412 g/mol. The van der Waals surface area contributed by atoms with Gasteiger partial charge in [0.05, 0.1) is 18.1 Å². The van der Waals surface area contributed by atoms with E-state index in [1.807, 2.05) is 20.8 Å². The lowest BCUT2D eigenvalue weighted by Gasteiger charge is -2.32. The Morgan fingerprint density at radius 2 is 1.75 bits per heavy atom.